The minimum atomic E-state index is -0.883. The summed E-state index contributed by atoms with van der Waals surface area (Å²) < 4.78 is 36.3. The number of rotatable bonds is 5. The molecule has 2 aromatic carbocycles. The number of aromatic nitrogens is 2. The number of para-hydroxylation sites is 1. The molecule has 0 unspecified atom stereocenters. The fraction of sp³-hybridized carbons (Fsp3) is 0.0476. The van der Waals surface area contributed by atoms with Crippen molar-refractivity contribution in [1.82, 2.24) is 8.75 Å². The minimum absolute atomic E-state index is 0.0718. The number of aromatic amines is 2. The fourth-order valence-corrected chi connectivity index (χ4v) is 4.01. The lowest BCUT2D eigenvalue weighted by molar-refractivity contribution is 0.360. The molecule has 34 heavy (non-hydrogen) atoms. The third-order valence-corrected chi connectivity index (χ3v) is 5.71. The van der Waals surface area contributed by atoms with Gasteiger partial charge in [0.2, 0.25) is 0 Å². The quantitative estimate of drug-likeness (QED) is 0.318. The molecular weight excluding hydrogens is 486 g/mol. The van der Waals surface area contributed by atoms with Crippen LogP contribution in [0.1, 0.15) is 11.1 Å². The number of H-pyrrole nitrogens is 2. The normalized spacial score (nSPS) is 9.79. The predicted octanol–water partition coefficient (Wildman–Crippen LogP) is 4.39. The third kappa shape index (κ3) is 5.47. The number of nitrogens with zero attached hydrogens (tertiary/aromatic N) is 2. The molecular formula is C21H14F2N6O3S2. The highest BCUT2D eigenvalue weighted by molar-refractivity contribution is 7.10. The number of benzene rings is 2. The van der Waals surface area contributed by atoms with E-state index in [1.165, 1.54) is 0 Å². The topological polar surface area (TPSA) is 147 Å². The van der Waals surface area contributed by atoms with Crippen molar-refractivity contribution >= 4 is 44.4 Å². The first-order valence-corrected chi connectivity index (χ1v) is 10.9. The molecule has 0 amide bonds. The number of ether oxygens (including phenoxy) is 1. The van der Waals surface area contributed by atoms with Gasteiger partial charge in [0.15, 0.2) is 28.5 Å². The van der Waals surface area contributed by atoms with Crippen molar-refractivity contribution in [2.45, 2.75) is 0 Å². The Morgan fingerprint density at radius 2 is 1.32 bits per heavy atom. The number of anilines is 4. The van der Waals surface area contributed by atoms with E-state index in [0.29, 0.717) is 5.00 Å². The largest absolute Gasteiger partial charge is 0.491 e. The van der Waals surface area contributed by atoms with Crippen LogP contribution in [0.5, 0.6) is 5.75 Å². The lowest BCUT2D eigenvalue weighted by atomic mass is 10.2. The fourth-order valence-electron chi connectivity index (χ4n) is 2.59. The molecule has 0 fully saturated rings. The summed E-state index contributed by atoms with van der Waals surface area (Å²) in [6, 6.07) is 15.0. The highest BCUT2D eigenvalue weighted by Crippen LogP contribution is 2.28. The molecule has 172 valence electrons. The highest BCUT2D eigenvalue weighted by atomic mass is 32.1. The van der Waals surface area contributed by atoms with E-state index < -0.39 is 22.9 Å². The van der Waals surface area contributed by atoms with Crippen molar-refractivity contribution in [3.63, 3.8) is 0 Å². The Bertz CT molecular complexity index is 1470. The van der Waals surface area contributed by atoms with E-state index in [4.69, 9.17) is 10.5 Å². The summed E-state index contributed by atoms with van der Waals surface area (Å²) in [6.07, 6.45) is 0. The molecule has 0 saturated carbocycles. The van der Waals surface area contributed by atoms with E-state index in [-0.39, 0.29) is 27.4 Å². The van der Waals surface area contributed by atoms with Crippen molar-refractivity contribution in [3.05, 3.63) is 85.9 Å². The molecule has 2 aromatic heterocycles. The van der Waals surface area contributed by atoms with Gasteiger partial charge in [0.25, 0.3) is 11.1 Å². The van der Waals surface area contributed by atoms with E-state index in [0.717, 1.165) is 48.0 Å². The molecule has 13 heteroatoms. The number of methoxy groups -OCH3 is 1. The summed E-state index contributed by atoms with van der Waals surface area (Å²) >= 11 is 1.99. The zero-order valence-electron chi connectivity index (χ0n) is 17.2. The average molecular weight is 501 g/mol. The van der Waals surface area contributed by atoms with Gasteiger partial charge in [-0.25, -0.2) is 8.78 Å². The predicted molar refractivity (Wildman–Crippen MR) is 125 cm³/mol. The average Bonchev–Trinajstić information content (AvgIpc) is 3.35. The molecule has 4 N–H and O–H groups in total. The van der Waals surface area contributed by atoms with Crippen LogP contribution in [-0.2, 0) is 0 Å². The van der Waals surface area contributed by atoms with E-state index in [1.807, 2.05) is 36.4 Å². The van der Waals surface area contributed by atoms with Crippen LogP contribution < -0.4 is 26.5 Å². The lowest BCUT2D eigenvalue weighted by Crippen LogP contribution is -2.03. The van der Waals surface area contributed by atoms with Crippen molar-refractivity contribution in [3.8, 4) is 17.9 Å². The molecule has 0 aliphatic heterocycles. The van der Waals surface area contributed by atoms with Gasteiger partial charge >= 0.3 is 0 Å². The SMILES string of the molecule is COc1c(F)cc(Nc2s[nH]c(=O)c2C#N)cc1F.N#Cc1c(Nc2ccccc2)s[nH]c1=O. The van der Waals surface area contributed by atoms with Gasteiger partial charge in [0.05, 0.1) is 7.11 Å². The van der Waals surface area contributed by atoms with Crippen molar-refractivity contribution in [2.24, 2.45) is 0 Å². The molecule has 4 rings (SSSR count). The highest BCUT2D eigenvalue weighted by Gasteiger charge is 2.14. The van der Waals surface area contributed by atoms with Gasteiger partial charge in [-0.2, -0.15) is 10.5 Å². The Kier molecular flexibility index (Phi) is 7.76. The molecule has 2 heterocycles. The van der Waals surface area contributed by atoms with Crippen LogP contribution >= 0.6 is 23.1 Å². The summed E-state index contributed by atoms with van der Waals surface area (Å²) in [4.78, 5) is 22.4. The molecule has 0 aliphatic carbocycles. The number of hydrogen-bond acceptors (Lipinski definition) is 9. The van der Waals surface area contributed by atoms with Gasteiger partial charge in [-0.3, -0.25) is 18.3 Å². The molecule has 0 bridgehead atoms. The van der Waals surface area contributed by atoms with Gasteiger partial charge in [0, 0.05) is 23.5 Å². The minimum Gasteiger partial charge on any atom is -0.491 e. The van der Waals surface area contributed by atoms with Gasteiger partial charge < -0.3 is 15.4 Å². The van der Waals surface area contributed by atoms with Gasteiger partial charge in [0.1, 0.15) is 22.1 Å². The first kappa shape index (κ1) is 24.2. The van der Waals surface area contributed by atoms with E-state index >= 15 is 0 Å². The number of nitrogens with one attached hydrogen (secondary N) is 4. The zero-order chi connectivity index (χ0) is 24.7. The number of halogens is 2. The second-order valence-electron chi connectivity index (χ2n) is 6.29. The number of nitriles is 2. The van der Waals surface area contributed by atoms with Gasteiger partial charge in [-0.05, 0) is 35.2 Å². The van der Waals surface area contributed by atoms with E-state index in [2.05, 4.69) is 24.1 Å². The summed E-state index contributed by atoms with van der Waals surface area (Å²) in [7, 11) is 1.15. The maximum atomic E-state index is 13.5. The molecule has 0 spiro atoms. The van der Waals surface area contributed by atoms with Crippen LogP contribution in [-0.4, -0.2) is 15.9 Å². The van der Waals surface area contributed by atoms with Crippen LogP contribution in [0.3, 0.4) is 0 Å². The van der Waals surface area contributed by atoms with Crippen molar-refractivity contribution in [1.29, 1.82) is 10.5 Å². The van der Waals surface area contributed by atoms with Crippen LogP contribution in [0, 0.1) is 34.3 Å². The Balaban J connectivity index is 0.000000196. The first-order chi connectivity index (χ1) is 16.4. The second kappa shape index (κ2) is 10.9. The van der Waals surface area contributed by atoms with Crippen molar-refractivity contribution < 1.29 is 13.5 Å². The monoisotopic (exact) mass is 500 g/mol. The maximum Gasteiger partial charge on any atom is 0.278 e. The Labute approximate surface area is 198 Å². The van der Waals surface area contributed by atoms with Crippen LogP contribution in [0.25, 0.3) is 0 Å². The summed E-state index contributed by atoms with van der Waals surface area (Å²) in [5, 5.41) is 23.9. The maximum absolute atomic E-state index is 13.5. The third-order valence-electron chi connectivity index (χ3n) is 4.12. The molecule has 0 aliphatic rings. The Hall–Kier alpha value is -4.46. The van der Waals surface area contributed by atoms with Crippen LogP contribution in [0.4, 0.5) is 30.2 Å². The molecule has 9 nitrogen and oxygen atoms in total. The second-order valence-corrected chi connectivity index (χ2v) is 7.92. The van der Waals surface area contributed by atoms with Crippen LogP contribution in [0.2, 0.25) is 0 Å². The molecule has 0 radical (unpaired) electrons. The Morgan fingerprint density at radius 3 is 1.76 bits per heavy atom. The van der Waals surface area contributed by atoms with E-state index in [1.54, 1.807) is 6.07 Å². The van der Waals surface area contributed by atoms with Gasteiger partial charge in [-0.15, -0.1) is 0 Å². The smallest absolute Gasteiger partial charge is 0.278 e. The lowest BCUT2D eigenvalue weighted by Gasteiger charge is -2.07. The van der Waals surface area contributed by atoms with Crippen molar-refractivity contribution in [2.75, 3.05) is 17.7 Å². The van der Waals surface area contributed by atoms with Crippen LogP contribution in [0.15, 0.2) is 52.1 Å². The Morgan fingerprint density at radius 1 is 0.853 bits per heavy atom. The molecule has 4 aromatic rings. The standard InChI is InChI=1S/C11H7F2N3O2S.C10H7N3OS/c1-18-9-7(12)2-5(3-8(9)13)15-11-6(4-14)10(17)16-19-11;11-6-8-9(14)13-15-10(8)12-7-4-2-1-3-5-7/h2-3,15H,1H3,(H,16,17);1-5,12H,(H,13,14). The summed E-state index contributed by atoms with van der Waals surface area (Å²) in [5.74, 6) is -2.26. The molecule has 0 saturated heterocycles. The number of hydrogen-bond donors (Lipinski definition) is 4. The zero-order valence-corrected chi connectivity index (χ0v) is 18.9. The van der Waals surface area contributed by atoms with Gasteiger partial charge in [-0.1, -0.05) is 18.2 Å². The van der Waals surface area contributed by atoms with E-state index in [9.17, 15) is 18.4 Å². The first-order valence-electron chi connectivity index (χ1n) is 9.23. The summed E-state index contributed by atoms with van der Waals surface area (Å²) in [6.45, 7) is 0. The molecule has 0 atom stereocenters. The summed E-state index contributed by atoms with van der Waals surface area (Å²) in [5.41, 5.74) is 0.0164.